The third-order valence-electron chi connectivity index (χ3n) is 4.80. The van der Waals surface area contributed by atoms with Gasteiger partial charge in [0, 0.05) is 36.9 Å². The summed E-state index contributed by atoms with van der Waals surface area (Å²) in [5.74, 6) is 0.749. The second-order valence-corrected chi connectivity index (χ2v) is 7.09. The number of nitrogen functional groups attached to an aromatic ring is 1. The first-order chi connectivity index (χ1) is 13.6. The molecule has 0 bridgehead atoms. The Kier molecular flexibility index (Phi) is 5.23. The minimum atomic E-state index is -0.228. The molecule has 1 aliphatic rings. The molecule has 6 nitrogen and oxygen atoms in total. The summed E-state index contributed by atoms with van der Waals surface area (Å²) in [6.45, 7) is 2.35. The highest BCUT2D eigenvalue weighted by Gasteiger charge is 2.23. The molecular formula is C21H20ClN5O. The molecule has 2 aromatic heterocycles. The number of nitrogens with zero attached hydrogens (tertiary/aromatic N) is 3. The van der Waals surface area contributed by atoms with E-state index < -0.39 is 0 Å². The number of carbonyl (C=O) groups excluding carboxylic acids is 1. The van der Waals surface area contributed by atoms with Gasteiger partial charge in [0.05, 0.1) is 5.56 Å². The van der Waals surface area contributed by atoms with Gasteiger partial charge in [0.15, 0.2) is 0 Å². The fourth-order valence-corrected chi connectivity index (χ4v) is 3.58. The Hall–Kier alpha value is -2.96. The number of nitrogens with two attached hydrogens (primary N) is 1. The SMILES string of the molecule is Nc1ncccc1C(=O)c1cccc(N2CCNC(c3cccc(Cl)c3)C2)n1. The van der Waals surface area contributed by atoms with Crippen molar-refractivity contribution in [3.63, 3.8) is 0 Å². The molecule has 1 unspecified atom stereocenters. The van der Waals surface area contributed by atoms with Gasteiger partial charge in [-0.1, -0.05) is 29.8 Å². The molecule has 142 valence electrons. The van der Waals surface area contributed by atoms with E-state index in [-0.39, 0.29) is 17.6 Å². The summed E-state index contributed by atoms with van der Waals surface area (Å²) in [5.41, 5.74) is 7.70. The zero-order chi connectivity index (χ0) is 19.5. The predicted octanol–water partition coefficient (Wildman–Crippen LogP) is 3.09. The van der Waals surface area contributed by atoms with Gasteiger partial charge in [-0.3, -0.25) is 4.79 Å². The van der Waals surface area contributed by atoms with Crippen molar-refractivity contribution in [3.8, 4) is 0 Å². The molecule has 0 aliphatic carbocycles. The summed E-state index contributed by atoms with van der Waals surface area (Å²) < 4.78 is 0. The molecule has 3 heterocycles. The average molecular weight is 394 g/mol. The summed E-state index contributed by atoms with van der Waals surface area (Å²) in [7, 11) is 0. The monoisotopic (exact) mass is 393 g/mol. The molecule has 0 radical (unpaired) electrons. The lowest BCUT2D eigenvalue weighted by molar-refractivity contribution is 0.103. The third kappa shape index (κ3) is 3.83. The molecule has 3 N–H and O–H groups in total. The maximum atomic E-state index is 12.8. The van der Waals surface area contributed by atoms with Gasteiger partial charge < -0.3 is 16.0 Å². The van der Waals surface area contributed by atoms with Crippen LogP contribution >= 0.6 is 11.6 Å². The van der Waals surface area contributed by atoms with Crippen molar-refractivity contribution >= 4 is 29.0 Å². The summed E-state index contributed by atoms with van der Waals surface area (Å²) in [6.07, 6.45) is 1.56. The van der Waals surface area contributed by atoms with Gasteiger partial charge in [0.2, 0.25) is 5.78 Å². The van der Waals surface area contributed by atoms with Crippen molar-refractivity contribution in [2.24, 2.45) is 0 Å². The van der Waals surface area contributed by atoms with Crippen molar-refractivity contribution in [1.82, 2.24) is 15.3 Å². The molecule has 0 spiro atoms. The normalized spacial score (nSPS) is 16.8. The summed E-state index contributed by atoms with van der Waals surface area (Å²) in [4.78, 5) is 23.6. The third-order valence-corrected chi connectivity index (χ3v) is 5.04. The van der Waals surface area contributed by atoms with Gasteiger partial charge in [-0.2, -0.15) is 0 Å². The van der Waals surface area contributed by atoms with Crippen LogP contribution in [0.2, 0.25) is 5.02 Å². The van der Waals surface area contributed by atoms with Gasteiger partial charge in [-0.15, -0.1) is 0 Å². The Morgan fingerprint density at radius 3 is 2.86 bits per heavy atom. The first kappa shape index (κ1) is 18.4. The Morgan fingerprint density at radius 1 is 1.18 bits per heavy atom. The van der Waals surface area contributed by atoms with Crippen LogP contribution in [0.1, 0.15) is 27.7 Å². The molecule has 1 saturated heterocycles. The maximum Gasteiger partial charge on any atom is 0.215 e. The Bertz CT molecular complexity index is 1010. The van der Waals surface area contributed by atoms with Crippen LogP contribution in [-0.2, 0) is 0 Å². The van der Waals surface area contributed by atoms with Crippen LogP contribution < -0.4 is 16.0 Å². The van der Waals surface area contributed by atoms with E-state index in [1.54, 1.807) is 24.4 Å². The molecule has 4 rings (SSSR count). The lowest BCUT2D eigenvalue weighted by Crippen LogP contribution is -2.46. The molecule has 0 amide bonds. The highest BCUT2D eigenvalue weighted by Crippen LogP contribution is 2.24. The van der Waals surface area contributed by atoms with Crippen molar-refractivity contribution in [3.05, 3.63) is 82.6 Å². The Morgan fingerprint density at radius 2 is 2.04 bits per heavy atom. The average Bonchev–Trinajstić information content (AvgIpc) is 2.74. The summed E-state index contributed by atoms with van der Waals surface area (Å²) in [5, 5.41) is 4.23. The molecule has 0 saturated carbocycles. The standard InChI is InChI=1S/C21H20ClN5O/c22-15-5-1-4-14(12-15)18-13-27(11-10-24-18)19-8-2-7-17(26-19)20(28)16-6-3-9-25-21(16)23/h1-9,12,18,24H,10-11,13H2,(H2,23,25). The van der Waals surface area contributed by atoms with Gasteiger partial charge in [0.1, 0.15) is 17.3 Å². The first-order valence-electron chi connectivity index (χ1n) is 9.08. The number of pyridine rings is 2. The van der Waals surface area contributed by atoms with E-state index in [0.29, 0.717) is 11.3 Å². The Labute approximate surface area is 168 Å². The van der Waals surface area contributed by atoms with E-state index in [0.717, 1.165) is 36.0 Å². The van der Waals surface area contributed by atoms with Crippen molar-refractivity contribution in [2.75, 3.05) is 30.3 Å². The van der Waals surface area contributed by atoms with Crippen LogP contribution in [0.25, 0.3) is 0 Å². The molecule has 1 aromatic carbocycles. The lowest BCUT2D eigenvalue weighted by atomic mass is 10.0. The number of benzene rings is 1. The Balaban J connectivity index is 1.57. The number of carbonyl (C=O) groups is 1. The largest absolute Gasteiger partial charge is 0.383 e. The smallest absolute Gasteiger partial charge is 0.215 e. The molecule has 28 heavy (non-hydrogen) atoms. The second-order valence-electron chi connectivity index (χ2n) is 6.65. The van der Waals surface area contributed by atoms with Gasteiger partial charge in [0.25, 0.3) is 0 Å². The summed E-state index contributed by atoms with van der Waals surface area (Å²) >= 11 is 6.14. The van der Waals surface area contributed by atoms with E-state index in [1.165, 1.54) is 0 Å². The van der Waals surface area contributed by atoms with Crippen LogP contribution in [0, 0.1) is 0 Å². The molecular weight excluding hydrogens is 374 g/mol. The van der Waals surface area contributed by atoms with Crippen LogP contribution in [-0.4, -0.2) is 35.4 Å². The lowest BCUT2D eigenvalue weighted by Gasteiger charge is -2.35. The molecule has 1 aliphatic heterocycles. The van der Waals surface area contributed by atoms with Crippen molar-refractivity contribution in [2.45, 2.75) is 6.04 Å². The van der Waals surface area contributed by atoms with Crippen molar-refractivity contribution in [1.29, 1.82) is 0 Å². The zero-order valence-corrected chi connectivity index (χ0v) is 15.9. The number of anilines is 2. The fourth-order valence-electron chi connectivity index (χ4n) is 3.38. The number of aromatic nitrogens is 2. The number of hydrogen-bond acceptors (Lipinski definition) is 6. The quantitative estimate of drug-likeness (QED) is 0.662. The number of ketones is 1. The minimum absolute atomic E-state index is 0.141. The molecule has 3 aromatic rings. The molecule has 1 fully saturated rings. The van der Waals surface area contributed by atoms with Crippen molar-refractivity contribution < 1.29 is 4.79 Å². The van der Waals surface area contributed by atoms with E-state index in [4.69, 9.17) is 17.3 Å². The van der Waals surface area contributed by atoms with E-state index in [9.17, 15) is 4.79 Å². The number of rotatable bonds is 4. The highest BCUT2D eigenvalue weighted by atomic mass is 35.5. The zero-order valence-electron chi connectivity index (χ0n) is 15.2. The van der Waals surface area contributed by atoms with E-state index in [1.807, 2.05) is 30.3 Å². The number of halogens is 1. The second kappa shape index (κ2) is 7.96. The van der Waals surface area contributed by atoms with Gasteiger partial charge >= 0.3 is 0 Å². The fraction of sp³-hybridized carbons (Fsp3) is 0.190. The van der Waals surface area contributed by atoms with Gasteiger partial charge in [-0.25, -0.2) is 9.97 Å². The molecule has 7 heteroatoms. The predicted molar refractivity (Wildman–Crippen MR) is 111 cm³/mol. The van der Waals surface area contributed by atoms with Crippen LogP contribution in [0.4, 0.5) is 11.6 Å². The topological polar surface area (TPSA) is 84.1 Å². The van der Waals surface area contributed by atoms with Gasteiger partial charge in [-0.05, 0) is 42.0 Å². The highest BCUT2D eigenvalue weighted by molar-refractivity contribution is 6.30. The van der Waals surface area contributed by atoms with Crippen LogP contribution in [0.5, 0.6) is 0 Å². The molecule has 1 atom stereocenters. The first-order valence-corrected chi connectivity index (χ1v) is 9.45. The van der Waals surface area contributed by atoms with E-state index >= 15 is 0 Å². The van der Waals surface area contributed by atoms with E-state index in [2.05, 4.69) is 26.3 Å². The minimum Gasteiger partial charge on any atom is -0.383 e. The number of hydrogen-bond donors (Lipinski definition) is 2. The van der Waals surface area contributed by atoms with Crippen LogP contribution in [0.15, 0.2) is 60.8 Å². The maximum absolute atomic E-state index is 12.8. The van der Waals surface area contributed by atoms with Crippen LogP contribution in [0.3, 0.4) is 0 Å². The number of nitrogens with one attached hydrogen (secondary N) is 1. The number of piperazine rings is 1. The summed E-state index contributed by atoms with van der Waals surface area (Å²) in [6, 6.07) is 16.8.